The summed E-state index contributed by atoms with van der Waals surface area (Å²) in [6, 6.07) is 2.97. The number of anilines is 1. The molecule has 0 unspecified atom stereocenters. The highest BCUT2D eigenvalue weighted by atomic mass is 16.6. The van der Waals surface area contributed by atoms with Crippen LogP contribution in [0.2, 0.25) is 0 Å². The average molecular weight is 306 g/mol. The van der Waals surface area contributed by atoms with Gasteiger partial charge < -0.3 is 10.1 Å². The Bertz CT molecular complexity index is 641. The van der Waals surface area contributed by atoms with E-state index >= 15 is 0 Å². The van der Waals surface area contributed by atoms with Crippen LogP contribution in [0.1, 0.15) is 24.5 Å². The molecule has 0 saturated heterocycles. The van der Waals surface area contributed by atoms with E-state index in [0.29, 0.717) is 11.5 Å². The fraction of sp³-hybridized carbons (Fsp3) is 0.467. The Morgan fingerprint density at radius 2 is 2.05 bits per heavy atom. The summed E-state index contributed by atoms with van der Waals surface area (Å²) < 4.78 is 4.92. The summed E-state index contributed by atoms with van der Waals surface area (Å²) in [5.74, 6) is -0.796. The molecular weight excluding hydrogens is 288 g/mol. The number of benzene rings is 1. The molecule has 22 heavy (non-hydrogen) atoms. The average Bonchev–Trinajstić information content (AvgIpc) is 3.18. The zero-order valence-electron chi connectivity index (χ0n) is 12.7. The van der Waals surface area contributed by atoms with Gasteiger partial charge in [0.1, 0.15) is 5.69 Å². The van der Waals surface area contributed by atoms with Crippen LogP contribution in [0.4, 0.5) is 11.4 Å². The van der Waals surface area contributed by atoms with Crippen LogP contribution in [-0.4, -0.2) is 23.4 Å². The van der Waals surface area contributed by atoms with Crippen LogP contribution in [0.3, 0.4) is 0 Å². The molecule has 0 heterocycles. The zero-order valence-corrected chi connectivity index (χ0v) is 12.7. The molecule has 1 aromatic carbocycles. The number of nitrogens with zero attached hydrogens (tertiary/aromatic N) is 1. The topological polar surface area (TPSA) is 98.5 Å². The van der Waals surface area contributed by atoms with Crippen LogP contribution in [0.25, 0.3) is 0 Å². The maximum Gasteiger partial charge on any atom is 0.309 e. The van der Waals surface area contributed by atoms with E-state index < -0.39 is 23.4 Å². The molecule has 2 rings (SSSR count). The summed E-state index contributed by atoms with van der Waals surface area (Å²) in [4.78, 5) is 33.9. The largest absolute Gasteiger partial charge is 0.455 e. The molecule has 1 N–H and O–H groups in total. The van der Waals surface area contributed by atoms with Crippen molar-refractivity contribution in [3.63, 3.8) is 0 Å². The number of carbonyl (C=O) groups excluding carboxylic acids is 2. The Kier molecular flexibility index (Phi) is 4.44. The first-order valence-corrected chi connectivity index (χ1v) is 7.02. The van der Waals surface area contributed by atoms with E-state index in [0.717, 1.165) is 12.0 Å². The minimum atomic E-state index is -0.585. The normalized spacial score (nSPS) is 19.4. The molecular formula is C15H18N2O5. The minimum Gasteiger partial charge on any atom is -0.455 e. The lowest BCUT2D eigenvalue weighted by Crippen LogP contribution is -2.22. The summed E-state index contributed by atoms with van der Waals surface area (Å²) in [5.41, 5.74) is 1.40. The van der Waals surface area contributed by atoms with Gasteiger partial charge in [-0.2, -0.15) is 0 Å². The Balaban J connectivity index is 2.03. The number of nitrogens with one attached hydrogen (secondary N) is 1. The second-order valence-corrected chi connectivity index (χ2v) is 5.63. The number of hydrogen-bond acceptors (Lipinski definition) is 5. The van der Waals surface area contributed by atoms with Crippen molar-refractivity contribution in [1.29, 1.82) is 0 Å². The number of nitro groups is 1. The predicted octanol–water partition coefficient (Wildman–Crippen LogP) is 2.35. The van der Waals surface area contributed by atoms with Crippen molar-refractivity contribution < 1.29 is 19.2 Å². The van der Waals surface area contributed by atoms with Crippen LogP contribution in [0.5, 0.6) is 0 Å². The molecule has 2 atom stereocenters. The Morgan fingerprint density at radius 1 is 1.41 bits per heavy atom. The number of rotatable bonds is 5. The predicted molar refractivity (Wildman–Crippen MR) is 79.4 cm³/mol. The van der Waals surface area contributed by atoms with Gasteiger partial charge >= 0.3 is 5.97 Å². The van der Waals surface area contributed by atoms with E-state index in [1.165, 1.54) is 6.07 Å². The van der Waals surface area contributed by atoms with Crippen LogP contribution in [0.15, 0.2) is 12.1 Å². The first-order valence-electron chi connectivity index (χ1n) is 7.02. The highest BCUT2D eigenvalue weighted by molar-refractivity contribution is 5.96. The third-order valence-corrected chi connectivity index (χ3v) is 3.93. The molecule has 1 aliphatic rings. The maximum absolute atomic E-state index is 11.9. The van der Waals surface area contributed by atoms with Gasteiger partial charge in [0.25, 0.3) is 11.6 Å². The Morgan fingerprint density at radius 3 is 2.59 bits per heavy atom. The van der Waals surface area contributed by atoms with Crippen LogP contribution >= 0.6 is 0 Å². The second-order valence-electron chi connectivity index (χ2n) is 5.63. The highest BCUT2D eigenvalue weighted by Crippen LogP contribution is 2.38. The van der Waals surface area contributed by atoms with Crippen LogP contribution in [-0.2, 0) is 14.3 Å². The van der Waals surface area contributed by atoms with Crippen molar-refractivity contribution in [1.82, 2.24) is 0 Å². The zero-order chi connectivity index (χ0) is 16.4. The number of hydrogen-bond donors (Lipinski definition) is 1. The number of amides is 1. The van der Waals surface area contributed by atoms with Crippen molar-refractivity contribution in [2.45, 2.75) is 27.2 Å². The Hall–Kier alpha value is -2.44. The quantitative estimate of drug-likeness (QED) is 0.511. The van der Waals surface area contributed by atoms with Gasteiger partial charge in [-0.3, -0.25) is 19.7 Å². The van der Waals surface area contributed by atoms with E-state index in [2.05, 4.69) is 5.32 Å². The van der Waals surface area contributed by atoms with Gasteiger partial charge in [0.05, 0.1) is 10.8 Å². The summed E-state index contributed by atoms with van der Waals surface area (Å²) in [6.45, 7) is 4.98. The van der Waals surface area contributed by atoms with Gasteiger partial charge in [-0.1, -0.05) is 13.0 Å². The van der Waals surface area contributed by atoms with E-state index in [1.54, 1.807) is 19.9 Å². The van der Waals surface area contributed by atoms with Gasteiger partial charge in [-0.15, -0.1) is 0 Å². The molecule has 7 heteroatoms. The maximum atomic E-state index is 11.9. The van der Waals surface area contributed by atoms with Crippen molar-refractivity contribution in [2.75, 3.05) is 11.9 Å². The van der Waals surface area contributed by atoms with Gasteiger partial charge in [0.2, 0.25) is 0 Å². The highest BCUT2D eigenvalue weighted by Gasteiger charge is 2.40. The third kappa shape index (κ3) is 3.41. The summed E-state index contributed by atoms with van der Waals surface area (Å²) in [5, 5.41) is 13.5. The molecule has 0 aromatic heterocycles. The molecule has 1 amide bonds. The van der Waals surface area contributed by atoms with Crippen molar-refractivity contribution in [2.24, 2.45) is 11.8 Å². The molecule has 1 aliphatic carbocycles. The summed E-state index contributed by atoms with van der Waals surface area (Å²) in [6.07, 6.45) is 0.781. The number of esters is 1. The fourth-order valence-corrected chi connectivity index (χ4v) is 2.18. The van der Waals surface area contributed by atoms with E-state index in [4.69, 9.17) is 4.74 Å². The number of carbonyl (C=O) groups is 2. The monoisotopic (exact) mass is 306 g/mol. The second kappa shape index (κ2) is 6.13. The molecule has 118 valence electrons. The standard InChI is InChI=1S/C15H18N2O5/c1-8-4-5-12(17(20)21)14(10(8)3)16-13(18)7-22-15(19)11-6-9(11)2/h4-5,9,11H,6-7H2,1-3H3,(H,16,18)/t9-,11+/m1/s1. The molecule has 0 radical (unpaired) electrons. The van der Waals surface area contributed by atoms with E-state index in [1.807, 2.05) is 6.92 Å². The lowest BCUT2D eigenvalue weighted by molar-refractivity contribution is -0.384. The van der Waals surface area contributed by atoms with E-state index in [-0.39, 0.29) is 17.3 Å². The van der Waals surface area contributed by atoms with Gasteiger partial charge in [0.15, 0.2) is 6.61 Å². The third-order valence-electron chi connectivity index (χ3n) is 3.93. The Labute approximate surface area is 127 Å². The lowest BCUT2D eigenvalue weighted by Gasteiger charge is -2.11. The number of aryl methyl sites for hydroxylation is 1. The summed E-state index contributed by atoms with van der Waals surface area (Å²) in [7, 11) is 0. The minimum absolute atomic E-state index is 0.122. The molecule has 1 fully saturated rings. The van der Waals surface area contributed by atoms with Crippen LogP contribution in [0, 0.1) is 35.8 Å². The summed E-state index contributed by atoms with van der Waals surface area (Å²) >= 11 is 0. The number of nitro benzene ring substituents is 1. The first kappa shape index (κ1) is 15.9. The first-order chi connectivity index (χ1) is 10.3. The molecule has 1 saturated carbocycles. The molecule has 0 spiro atoms. The molecule has 0 aliphatic heterocycles. The smallest absolute Gasteiger partial charge is 0.309 e. The van der Waals surface area contributed by atoms with Gasteiger partial charge in [0, 0.05) is 6.07 Å². The SMILES string of the molecule is Cc1ccc([N+](=O)[O-])c(NC(=O)COC(=O)[C@H]2C[C@H]2C)c1C. The molecule has 1 aromatic rings. The number of ether oxygens (including phenoxy) is 1. The van der Waals surface area contributed by atoms with Crippen molar-refractivity contribution in [3.05, 3.63) is 33.4 Å². The lowest BCUT2D eigenvalue weighted by atomic mass is 10.1. The van der Waals surface area contributed by atoms with Crippen LogP contribution < -0.4 is 5.32 Å². The van der Waals surface area contributed by atoms with Crippen molar-refractivity contribution >= 4 is 23.3 Å². The molecule has 0 bridgehead atoms. The van der Waals surface area contributed by atoms with E-state index in [9.17, 15) is 19.7 Å². The van der Waals surface area contributed by atoms with Gasteiger partial charge in [-0.25, -0.2) is 0 Å². The van der Waals surface area contributed by atoms with Crippen molar-refractivity contribution in [3.8, 4) is 0 Å². The fourth-order valence-electron chi connectivity index (χ4n) is 2.18. The van der Waals surface area contributed by atoms with Gasteiger partial charge in [-0.05, 0) is 37.3 Å². The molecule has 7 nitrogen and oxygen atoms in total.